The third-order valence-electron chi connectivity index (χ3n) is 2.78. The van der Waals surface area contributed by atoms with E-state index >= 15 is 0 Å². The van der Waals surface area contributed by atoms with Gasteiger partial charge in [-0.05, 0) is 26.8 Å². The van der Waals surface area contributed by atoms with Crippen molar-refractivity contribution in [1.82, 2.24) is 0 Å². The number of nitro groups is 1. The lowest BCUT2D eigenvalue weighted by Crippen LogP contribution is -2.13. The van der Waals surface area contributed by atoms with Crippen molar-refractivity contribution in [3.05, 3.63) is 34.4 Å². The van der Waals surface area contributed by atoms with E-state index in [4.69, 9.17) is 13.6 Å². The van der Waals surface area contributed by atoms with Crippen LogP contribution >= 0.6 is 15.0 Å². The minimum atomic E-state index is -3.64. The third kappa shape index (κ3) is 5.52. The molecule has 0 aromatic heterocycles. The number of benzene rings is 1. The maximum Gasteiger partial charge on any atom is 0.340 e. The number of hydrogen-bond acceptors (Lipinski definition) is 7. The zero-order valence-electron chi connectivity index (χ0n) is 13.3. The Morgan fingerprint density at radius 3 is 2.09 bits per heavy atom. The van der Waals surface area contributed by atoms with Crippen LogP contribution in [0.5, 0.6) is 0 Å². The van der Waals surface area contributed by atoms with Crippen molar-refractivity contribution in [2.45, 2.75) is 20.8 Å². The van der Waals surface area contributed by atoms with Gasteiger partial charge in [0.2, 0.25) is 7.37 Å². The Balaban J connectivity index is 3.26. The van der Waals surface area contributed by atoms with Gasteiger partial charge in [0.25, 0.3) is 5.69 Å². The first-order valence-electron chi connectivity index (χ1n) is 7.17. The fourth-order valence-corrected chi connectivity index (χ4v) is 7.49. The highest BCUT2D eigenvalue weighted by molar-refractivity contribution is 7.78. The van der Waals surface area contributed by atoms with E-state index in [1.54, 1.807) is 20.8 Å². The molecule has 0 aliphatic rings. The van der Waals surface area contributed by atoms with Crippen molar-refractivity contribution in [3.63, 3.8) is 0 Å². The predicted molar refractivity (Wildman–Crippen MR) is 87.7 cm³/mol. The second-order valence-corrected chi connectivity index (χ2v) is 9.45. The molecule has 1 rings (SSSR count). The van der Waals surface area contributed by atoms with Gasteiger partial charge >= 0.3 is 7.60 Å². The van der Waals surface area contributed by atoms with Crippen molar-refractivity contribution in [2.24, 2.45) is 0 Å². The molecule has 1 aromatic rings. The Hall–Kier alpha value is -1.04. The lowest BCUT2D eigenvalue weighted by atomic mass is 10.3. The monoisotopic (exact) mass is 365 g/mol. The second kappa shape index (κ2) is 8.71. The molecule has 8 nitrogen and oxygen atoms in total. The molecule has 0 radical (unpaired) electrons. The van der Waals surface area contributed by atoms with Gasteiger partial charge in [-0.3, -0.25) is 19.2 Å². The quantitative estimate of drug-likeness (QED) is 0.353. The topological polar surface area (TPSA) is 105 Å². The molecule has 0 spiro atoms. The van der Waals surface area contributed by atoms with Crippen LogP contribution in [0, 0.1) is 10.1 Å². The lowest BCUT2D eigenvalue weighted by Gasteiger charge is -2.23. The molecule has 0 saturated carbocycles. The van der Waals surface area contributed by atoms with E-state index in [0.717, 1.165) is 0 Å². The van der Waals surface area contributed by atoms with Crippen LogP contribution in [0.2, 0.25) is 0 Å². The van der Waals surface area contributed by atoms with Crippen LogP contribution in [0.1, 0.15) is 20.8 Å². The molecule has 1 unspecified atom stereocenters. The highest BCUT2D eigenvalue weighted by Gasteiger charge is 2.39. The van der Waals surface area contributed by atoms with E-state index < -0.39 is 25.8 Å². The van der Waals surface area contributed by atoms with E-state index in [1.807, 2.05) is 0 Å². The van der Waals surface area contributed by atoms with E-state index in [0.29, 0.717) is 0 Å². The van der Waals surface area contributed by atoms with Crippen LogP contribution < -0.4 is 5.30 Å². The number of nitrogens with zero attached hydrogens (tertiary/aromatic N) is 1. The van der Waals surface area contributed by atoms with Gasteiger partial charge in [0.05, 0.1) is 24.7 Å². The van der Waals surface area contributed by atoms with Gasteiger partial charge < -0.3 is 13.6 Å². The first-order valence-corrected chi connectivity index (χ1v) is 10.7. The van der Waals surface area contributed by atoms with Gasteiger partial charge in [0, 0.05) is 17.4 Å². The third-order valence-corrected chi connectivity index (χ3v) is 8.70. The van der Waals surface area contributed by atoms with Crippen LogP contribution in [0.3, 0.4) is 0 Å². The zero-order chi connectivity index (χ0) is 17.5. The normalized spacial score (nSPS) is 14.4. The summed E-state index contributed by atoms with van der Waals surface area (Å²) in [6.45, 7) is 5.26. The molecule has 1 aromatic carbocycles. The number of non-ortho nitro benzene ring substituents is 1. The summed E-state index contributed by atoms with van der Waals surface area (Å²) in [5.41, 5.74) is -0.218. The maximum absolute atomic E-state index is 13.2. The van der Waals surface area contributed by atoms with Crippen molar-refractivity contribution in [1.29, 1.82) is 0 Å². The molecule has 23 heavy (non-hydrogen) atoms. The molecule has 10 heteroatoms. The summed E-state index contributed by atoms with van der Waals surface area (Å²) in [4.78, 5) is 10.3. The molecule has 0 aliphatic carbocycles. The van der Waals surface area contributed by atoms with Crippen LogP contribution in [0.4, 0.5) is 5.69 Å². The Bertz CT molecular complexity index is 625. The molecule has 0 heterocycles. The average molecular weight is 365 g/mol. The van der Waals surface area contributed by atoms with Gasteiger partial charge in [-0.1, -0.05) is 6.07 Å². The molecule has 130 valence electrons. The maximum atomic E-state index is 13.2. The molecule has 0 N–H and O–H groups in total. The van der Waals surface area contributed by atoms with Crippen molar-refractivity contribution < 1.29 is 27.6 Å². The van der Waals surface area contributed by atoms with Crippen LogP contribution in [0.25, 0.3) is 0 Å². The first kappa shape index (κ1) is 20.0. The van der Waals surface area contributed by atoms with E-state index in [-0.39, 0.29) is 30.8 Å². The van der Waals surface area contributed by atoms with Gasteiger partial charge in [-0.25, -0.2) is 0 Å². The highest BCUT2D eigenvalue weighted by Crippen LogP contribution is 2.62. The Morgan fingerprint density at radius 2 is 1.61 bits per heavy atom. The van der Waals surface area contributed by atoms with Crippen molar-refractivity contribution in [3.8, 4) is 0 Å². The van der Waals surface area contributed by atoms with Crippen LogP contribution in [-0.4, -0.2) is 30.6 Å². The summed E-state index contributed by atoms with van der Waals surface area (Å²) in [6, 6.07) is 5.31. The van der Waals surface area contributed by atoms with Gasteiger partial charge in [0.1, 0.15) is 5.90 Å². The lowest BCUT2D eigenvalue weighted by molar-refractivity contribution is -0.384. The van der Waals surface area contributed by atoms with E-state index in [2.05, 4.69) is 0 Å². The minimum Gasteiger partial charge on any atom is -0.325 e. The van der Waals surface area contributed by atoms with Gasteiger partial charge in [-0.15, -0.1) is 0 Å². The minimum absolute atomic E-state index is 0.0955. The summed E-state index contributed by atoms with van der Waals surface area (Å²) < 4.78 is 41.5. The highest BCUT2D eigenvalue weighted by atomic mass is 31.2. The summed E-state index contributed by atoms with van der Waals surface area (Å²) in [6.07, 6.45) is 0. The fraction of sp³-hybridized carbons (Fsp3) is 0.538. The largest absolute Gasteiger partial charge is 0.340 e. The van der Waals surface area contributed by atoms with Crippen LogP contribution in [0.15, 0.2) is 24.3 Å². The van der Waals surface area contributed by atoms with Crippen LogP contribution in [-0.2, 0) is 22.7 Å². The standard InChI is InChI=1S/C13H21NO7P2/c1-4-19-22(17,11-23(18,20-5-2)21-6-3)13-9-7-8-12(10-13)14(15)16/h7-10H,4-6,11H2,1-3H3. The van der Waals surface area contributed by atoms with E-state index in [9.17, 15) is 19.2 Å². The number of hydrogen-bond donors (Lipinski definition) is 0. The molecule has 0 saturated heterocycles. The molecule has 0 bridgehead atoms. The molecule has 0 fully saturated rings. The Kier molecular flexibility index (Phi) is 7.58. The van der Waals surface area contributed by atoms with Gasteiger partial charge in [-0.2, -0.15) is 0 Å². The molecular formula is C13H21NO7P2. The predicted octanol–water partition coefficient (Wildman–Crippen LogP) is 3.76. The van der Waals surface area contributed by atoms with Crippen molar-refractivity contribution in [2.75, 3.05) is 25.7 Å². The molecule has 1 atom stereocenters. The second-order valence-electron chi connectivity index (χ2n) is 4.46. The number of rotatable bonds is 10. The zero-order valence-corrected chi connectivity index (χ0v) is 15.1. The Morgan fingerprint density at radius 1 is 1.04 bits per heavy atom. The van der Waals surface area contributed by atoms with E-state index in [1.165, 1.54) is 24.3 Å². The summed E-state index contributed by atoms with van der Waals surface area (Å²) in [5, 5.41) is 11.0. The Labute approximate surface area is 135 Å². The molecule has 0 amide bonds. The summed E-state index contributed by atoms with van der Waals surface area (Å²) in [5.74, 6) is -0.462. The van der Waals surface area contributed by atoms with Gasteiger partial charge in [0.15, 0.2) is 0 Å². The average Bonchev–Trinajstić information content (AvgIpc) is 2.47. The smallest absolute Gasteiger partial charge is 0.325 e. The summed E-state index contributed by atoms with van der Waals surface area (Å²) >= 11 is 0. The molecular weight excluding hydrogens is 344 g/mol. The molecule has 0 aliphatic heterocycles. The number of nitro benzene ring substituents is 1. The summed E-state index contributed by atoms with van der Waals surface area (Å²) in [7, 11) is -7.27. The SMILES string of the molecule is CCOP(=O)(CP(=O)(OCC)c1cccc([N+](=O)[O-])c1)OCC. The first-order chi connectivity index (χ1) is 10.8. The van der Waals surface area contributed by atoms with Crippen molar-refractivity contribution >= 4 is 26.0 Å². The fourth-order valence-electron chi connectivity index (χ4n) is 1.96.